The Kier molecular flexibility index (Phi) is 46.7. The Bertz CT molecular complexity index is 1220. The van der Waals surface area contributed by atoms with Crippen LogP contribution in [0, 0.1) is 0 Å². The molecule has 8 nitrogen and oxygen atoms in total. The van der Waals surface area contributed by atoms with Gasteiger partial charge in [-0.05, 0) is 70.6 Å². The summed E-state index contributed by atoms with van der Waals surface area (Å²) in [5.74, 6) is -1.46. The van der Waals surface area contributed by atoms with Crippen molar-refractivity contribution >= 4 is 17.9 Å². The highest BCUT2D eigenvalue weighted by Gasteiger charge is 2.31. The molecule has 8 heteroatoms. The highest BCUT2D eigenvalue weighted by Crippen LogP contribution is 2.16. The third-order valence-corrected chi connectivity index (χ3v) is 12.5. The highest BCUT2D eigenvalue weighted by molar-refractivity contribution is 5.72. The third kappa shape index (κ3) is 46.4. The molecule has 0 aromatic rings. The maximum atomic E-state index is 12.8. The molecule has 0 fully saturated rings. The number of hydrogen-bond donors (Lipinski definition) is 1. The number of ether oxygens (including phenoxy) is 3. The Morgan fingerprint density at radius 1 is 0.470 bits per heavy atom. The van der Waals surface area contributed by atoms with Crippen LogP contribution in [0.5, 0.6) is 0 Å². The van der Waals surface area contributed by atoms with Gasteiger partial charge in [0.1, 0.15) is 6.61 Å². The van der Waals surface area contributed by atoms with Gasteiger partial charge in [-0.25, -0.2) is 4.79 Å². The second-order valence-electron chi connectivity index (χ2n) is 19.8. The Morgan fingerprint density at radius 2 is 0.848 bits per heavy atom. The molecule has 0 aliphatic heterocycles. The van der Waals surface area contributed by atoms with Gasteiger partial charge in [-0.2, -0.15) is 0 Å². The minimum Gasteiger partial charge on any atom is -0.477 e. The van der Waals surface area contributed by atoms with Crippen molar-refractivity contribution in [1.82, 2.24) is 0 Å². The summed E-state index contributed by atoms with van der Waals surface area (Å²) in [4.78, 5) is 37.2. The highest BCUT2D eigenvalue weighted by atomic mass is 16.6. The molecule has 0 radical (unpaired) electrons. The molecule has 0 spiro atoms. The number of aliphatic carboxylic acids is 1. The van der Waals surface area contributed by atoms with E-state index in [-0.39, 0.29) is 36.2 Å². The SMILES string of the molecule is CC/C=C/C/C=C/C/C=C/CCCCCCCCCCCCCCCC(=O)OCC(COCCC(C(=O)O)[N+](C)(C)C)OC(=O)CCCCCCCCC/C=C/CCCCCCCCCC. The first-order chi connectivity index (χ1) is 32.1. The first kappa shape index (κ1) is 63.3. The lowest BCUT2D eigenvalue weighted by Crippen LogP contribution is -2.50. The van der Waals surface area contributed by atoms with Crippen molar-refractivity contribution in [3.05, 3.63) is 48.6 Å². The molecule has 0 saturated carbocycles. The summed E-state index contributed by atoms with van der Waals surface area (Å²) in [6.07, 6.45) is 60.2. The van der Waals surface area contributed by atoms with Crippen LogP contribution in [-0.2, 0) is 28.6 Å². The second-order valence-corrected chi connectivity index (χ2v) is 19.8. The Balaban J connectivity index is 4.17. The zero-order valence-electron chi connectivity index (χ0n) is 43.9. The van der Waals surface area contributed by atoms with Crippen molar-refractivity contribution in [2.24, 2.45) is 0 Å². The fourth-order valence-electron chi connectivity index (χ4n) is 8.22. The Hall–Kier alpha value is -2.71. The van der Waals surface area contributed by atoms with E-state index in [0.717, 1.165) is 57.8 Å². The van der Waals surface area contributed by atoms with Crippen LogP contribution < -0.4 is 0 Å². The summed E-state index contributed by atoms with van der Waals surface area (Å²) in [6, 6.07) is -0.616. The molecule has 2 unspecified atom stereocenters. The molecule has 2 atom stereocenters. The lowest BCUT2D eigenvalue weighted by Gasteiger charge is -2.31. The van der Waals surface area contributed by atoms with Gasteiger partial charge >= 0.3 is 17.9 Å². The normalized spacial score (nSPS) is 13.2. The number of esters is 2. The van der Waals surface area contributed by atoms with E-state index in [2.05, 4.69) is 62.5 Å². The van der Waals surface area contributed by atoms with E-state index in [1.165, 1.54) is 161 Å². The number of carbonyl (C=O) groups excluding carboxylic acids is 2. The molecular weight excluding hydrogens is 823 g/mol. The van der Waals surface area contributed by atoms with Crippen LogP contribution in [0.1, 0.15) is 251 Å². The summed E-state index contributed by atoms with van der Waals surface area (Å²) in [6.45, 7) is 4.66. The molecule has 0 aliphatic rings. The minimum absolute atomic E-state index is 0.0518. The van der Waals surface area contributed by atoms with Crippen LogP contribution in [0.15, 0.2) is 48.6 Å². The maximum Gasteiger partial charge on any atom is 0.362 e. The Morgan fingerprint density at radius 3 is 1.27 bits per heavy atom. The van der Waals surface area contributed by atoms with Crippen LogP contribution in [0.2, 0.25) is 0 Å². The molecule has 0 aromatic carbocycles. The van der Waals surface area contributed by atoms with Crippen molar-refractivity contribution in [2.75, 3.05) is 41.0 Å². The van der Waals surface area contributed by atoms with Crippen molar-refractivity contribution < 1.29 is 38.2 Å². The lowest BCUT2D eigenvalue weighted by atomic mass is 10.0. The number of carbonyl (C=O) groups is 3. The molecule has 66 heavy (non-hydrogen) atoms. The van der Waals surface area contributed by atoms with E-state index >= 15 is 0 Å². The van der Waals surface area contributed by atoms with E-state index in [0.29, 0.717) is 19.3 Å². The van der Waals surface area contributed by atoms with Crippen molar-refractivity contribution in [3.63, 3.8) is 0 Å². The number of nitrogens with zero attached hydrogens (tertiary/aromatic N) is 1. The summed E-state index contributed by atoms with van der Waals surface area (Å²) < 4.78 is 17.4. The van der Waals surface area contributed by atoms with Crippen molar-refractivity contribution in [2.45, 2.75) is 264 Å². The third-order valence-electron chi connectivity index (χ3n) is 12.5. The molecule has 0 heterocycles. The number of rotatable bonds is 50. The van der Waals surface area contributed by atoms with Crippen LogP contribution in [-0.4, -0.2) is 80.6 Å². The van der Waals surface area contributed by atoms with Crippen LogP contribution in [0.25, 0.3) is 0 Å². The van der Waals surface area contributed by atoms with Gasteiger partial charge in [0.25, 0.3) is 0 Å². The number of allylic oxidation sites excluding steroid dienone is 8. The number of unbranched alkanes of at least 4 members (excludes halogenated alkanes) is 28. The maximum absolute atomic E-state index is 12.8. The van der Waals surface area contributed by atoms with Gasteiger partial charge in [-0.15, -0.1) is 0 Å². The molecule has 0 aromatic heterocycles. The van der Waals surface area contributed by atoms with E-state index < -0.39 is 18.1 Å². The quantitative estimate of drug-likeness (QED) is 0.0281. The van der Waals surface area contributed by atoms with Gasteiger partial charge in [0.2, 0.25) is 0 Å². The van der Waals surface area contributed by atoms with Crippen LogP contribution in [0.4, 0.5) is 0 Å². The van der Waals surface area contributed by atoms with Crippen LogP contribution >= 0.6 is 0 Å². The monoisotopic (exact) mass is 929 g/mol. The standard InChI is InChI=1S/C58H105NO7/c1-6-8-10-12-14-16-18-20-22-24-26-27-28-29-31-32-34-36-38-40-42-44-46-48-56(60)65-53-54(52-64-51-50-55(58(62)63)59(3,4)5)66-57(61)49-47-45-43-41-39-37-35-33-30-25-23-21-19-17-15-13-11-9-7-2/h8,10,14,16,20,22,25,30,54-55H,6-7,9,11-13,15,17-19,21,23-24,26-29,31-53H2,1-5H3/p+1/b10-8+,16-14+,22-20+,30-25+. The number of likely N-dealkylation sites (N-methyl/N-ethyl adjacent to an activating group) is 1. The fraction of sp³-hybridized carbons (Fsp3) is 0.810. The minimum atomic E-state index is -0.874. The average molecular weight is 929 g/mol. The molecule has 0 amide bonds. The van der Waals surface area contributed by atoms with Gasteiger partial charge in [0.15, 0.2) is 12.1 Å². The summed E-state index contributed by atoms with van der Waals surface area (Å²) >= 11 is 0. The van der Waals surface area contributed by atoms with E-state index in [9.17, 15) is 19.5 Å². The summed E-state index contributed by atoms with van der Waals surface area (Å²) in [7, 11) is 5.54. The number of hydrogen-bond acceptors (Lipinski definition) is 6. The Labute approximate surface area is 407 Å². The number of carboxylic acids is 1. The zero-order valence-corrected chi connectivity index (χ0v) is 43.9. The summed E-state index contributed by atoms with van der Waals surface area (Å²) in [5, 5.41) is 9.67. The molecule has 0 aliphatic carbocycles. The van der Waals surface area contributed by atoms with Gasteiger partial charge in [0, 0.05) is 19.3 Å². The van der Waals surface area contributed by atoms with Gasteiger partial charge in [0.05, 0.1) is 34.4 Å². The predicted molar refractivity (Wildman–Crippen MR) is 280 cm³/mol. The number of quaternary nitrogens is 1. The zero-order chi connectivity index (χ0) is 48.4. The molecule has 0 bridgehead atoms. The molecule has 0 rings (SSSR count). The van der Waals surface area contributed by atoms with Crippen molar-refractivity contribution in [1.29, 1.82) is 0 Å². The van der Waals surface area contributed by atoms with Gasteiger partial charge in [-0.1, -0.05) is 210 Å². The molecule has 384 valence electrons. The predicted octanol–water partition coefficient (Wildman–Crippen LogP) is 16.3. The van der Waals surface area contributed by atoms with Gasteiger partial charge in [-0.3, -0.25) is 9.59 Å². The molecule has 0 saturated heterocycles. The fourth-order valence-corrected chi connectivity index (χ4v) is 8.22. The first-order valence-electron chi connectivity index (χ1n) is 27.7. The second kappa shape index (κ2) is 48.7. The van der Waals surface area contributed by atoms with E-state index in [4.69, 9.17) is 14.2 Å². The smallest absolute Gasteiger partial charge is 0.362 e. The van der Waals surface area contributed by atoms with E-state index in [1.807, 2.05) is 21.1 Å². The molecular formula is C58H106NO7+. The van der Waals surface area contributed by atoms with Gasteiger partial charge < -0.3 is 23.8 Å². The lowest BCUT2D eigenvalue weighted by molar-refractivity contribution is -0.887. The largest absolute Gasteiger partial charge is 0.477 e. The van der Waals surface area contributed by atoms with E-state index in [1.54, 1.807) is 0 Å². The molecule has 1 N–H and O–H groups in total. The first-order valence-corrected chi connectivity index (χ1v) is 27.7. The average Bonchev–Trinajstić information content (AvgIpc) is 3.28. The van der Waals surface area contributed by atoms with Crippen LogP contribution in [0.3, 0.4) is 0 Å². The van der Waals surface area contributed by atoms with Crippen molar-refractivity contribution in [3.8, 4) is 0 Å². The topological polar surface area (TPSA) is 99.1 Å². The number of carboxylic acid groups (broad SMARTS) is 1. The summed E-state index contributed by atoms with van der Waals surface area (Å²) in [5.41, 5.74) is 0.